The van der Waals surface area contributed by atoms with Crippen molar-refractivity contribution in [1.29, 1.82) is 0 Å². The standard InChI is InChI=1S/C20H27N5O/c1-2-14-11-16(3-4-19(14)25-9-6-17(26)7-10-25)23-20-22-12-15-5-8-21-13-18(15)24-20/h3-4,11-12,17,21,26H,2,5-10,13H2,1H3,(H,22,23,24). The molecule has 1 fully saturated rings. The molecule has 2 aliphatic rings. The first-order chi connectivity index (χ1) is 12.7. The molecular weight excluding hydrogens is 326 g/mol. The molecule has 3 N–H and O–H groups in total. The van der Waals surface area contributed by atoms with Crippen molar-refractivity contribution in [2.45, 2.75) is 45.3 Å². The second-order valence-corrected chi connectivity index (χ2v) is 7.13. The Bertz CT molecular complexity index is 771. The van der Waals surface area contributed by atoms with E-state index in [1.165, 1.54) is 16.8 Å². The summed E-state index contributed by atoms with van der Waals surface area (Å²) in [7, 11) is 0. The van der Waals surface area contributed by atoms with Crippen molar-refractivity contribution in [2.75, 3.05) is 29.9 Å². The van der Waals surface area contributed by atoms with Crippen molar-refractivity contribution in [1.82, 2.24) is 15.3 Å². The van der Waals surface area contributed by atoms with Crippen LogP contribution in [0.15, 0.2) is 24.4 Å². The van der Waals surface area contributed by atoms with Crippen LogP contribution in [-0.2, 0) is 19.4 Å². The SMILES string of the molecule is CCc1cc(Nc2ncc3c(n2)CNCC3)ccc1N1CCC(O)CC1. The molecule has 0 amide bonds. The van der Waals surface area contributed by atoms with Gasteiger partial charge >= 0.3 is 0 Å². The Balaban J connectivity index is 1.52. The lowest BCUT2D eigenvalue weighted by Gasteiger charge is -2.33. The summed E-state index contributed by atoms with van der Waals surface area (Å²) in [6, 6.07) is 6.47. The number of rotatable bonds is 4. The van der Waals surface area contributed by atoms with E-state index < -0.39 is 0 Å². The average Bonchev–Trinajstić information content (AvgIpc) is 2.68. The quantitative estimate of drug-likeness (QED) is 0.784. The van der Waals surface area contributed by atoms with E-state index in [1.54, 1.807) is 0 Å². The summed E-state index contributed by atoms with van der Waals surface area (Å²) in [5.74, 6) is 0.656. The summed E-state index contributed by atoms with van der Waals surface area (Å²) in [4.78, 5) is 11.5. The summed E-state index contributed by atoms with van der Waals surface area (Å²) in [6.45, 7) is 5.83. The lowest BCUT2D eigenvalue weighted by atomic mass is 10.0. The van der Waals surface area contributed by atoms with Crippen LogP contribution in [0.1, 0.15) is 36.6 Å². The largest absolute Gasteiger partial charge is 0.393 e. The number of aliphatic hydroxyl groups excluding tert-OH is 1. The highest BCUT2D eigenvalue weighted by Gasteiger charge is 2.19. The Kier molecular flexibility index (Phi) is 5.04. The molecule has 0 aliphatic carbocycles. The van der Waals surface area contributed by atoms with Crippen LogP contribution in [0.5, 0.6) is 0 Å². The average molecular weight is 353 g/mol. The second-order valence-electron chi connectivity index (χ2n) is 7.13. The topological polar surface area (TPSA) is 73.3 Å². The maximum Gasteiger partial charge on any atom is 0.227 e. The Morgan fingerprint density at radius 1 is 1.31 bits per heavy atom. The van der Waals surface area contributed by atoms with E-state index in [4.69, 9.17) is 0 Å². The third-order valence-electron chi connectivity index (χ3n) is 5.34. The minimum Gasteiger partial charge on any atom is -0.393 e. The highest BCUT2D eigenvalue weighted by molar-refractivity contribution is 5.64. The summed E-state index contributed by atoms with van der Waals surface area (Å²) in [5, 5.41) is 16.5. The molecule has 0 saturated carbocycles. The molecule has 0 radical (unpaired) electrons. The van der Waals surface area contributed by atoms with E-state index in [1.807, 2.05) is 6.20 Å². The lowest BCUT2D eigenvalue weighted by Crippen LogP contribution is -2.36. The second kappa shape index (κ2) is 7.60. The normalized spacial score (nSPS) is 17.8. The molecule has 1 saturated heterocycles. The molecule has 2 aromatic rings. The molecule has 0 bridgehead atoms. The zero-order chi connectivity index (χ0) is 17.9. The number of aromatic nitrogens is 2. The van der Waals surface area contributed by atoms with Crippen molar-refractivity contribution in [2.24, 2.45) is 0 Å². The Morgan fingerprint density at radius 2 is 2.15 bits per heavy atom. The van der Waals surface area contributed by atoms with Crippen LogP contribution in [0.3, 0.4) is 0 Å². The molecule has 1 aromatic carbocycles. The van der Waals surface area contributed by atoms with Gasteiger partial charge in [0, 0.05) is 37.2 Å². The van der Waals surface area contributed by atoms with Gasteiger partial charge in [0.25, 0.3) is 0 Å². The smallest absolute Gasteiger partial charge is 0.227 e. The first-order valence-electron chi connectivity index (χ1n) is 9.61. The number of benzene rings is 1. The number of aryl methyl sites for hydroxylation is 1. The summed E-state index contributed by atoms with van der Waals surface area (Å²) in [5.41, 5.74) is 5.94. The van der Waals surface area contributed by atoms with Crippen molar-refractivity contribution < 1.29 is 5.11 Å². The Hall–Kier alpha value is -2.18. The number of hydrogen-bond acceptors (Lipinski definition) is 6. The summed E-state index contributed by atoms with van der Waals surface area (Å²) in [6.07, 6.45) is 5.46. The van der Waals surface area contributed by atoms with Gasteiger partial charge in [0.2, 0.25) is 5.95 Å². The predicted octanol–water partition coefficient (Wildman–Crippen LogP) is 2.39. The molecule has 0 unspecified atom stereocenters. The van der Waals surface area contributed by atoms with Crippen LogP contribution >= 0.6 is 0 Å². The van der Waals surface area contributed by atoms with Crippen molar-refractivity contribution in [3.05, 3.63) is 41.2 Å². The van der Waals surface area contributed by atoms with Gasteiger partial charge in [-0.25, -0.2) is 9.97 Å². The van der Waals surface area contributed by atoms with Gasteiger partial charge in [-0.2, -0.15) is 0 Å². The molecule has 0 spiro atoms. The highest BCUT2D eigenvalue weighted by atomic mass is 16.3. The molecule has 4 rings (SSSR count). The van der Waals surface area contributed by atoms with E-state index >= 15 is 0 Å². The minimum atomic E-state index is -0.145. The van der Waals surface area contributed by atoms with Gasteiger partial charge in [-0.05, 0) is 61.6 Å². The number of fused-ring (bicyclic) bond motifs is 1. The van der Waals surface area contributed by atoms with E-state index in [9.17, 15) is 5.11 Å². The Morgan fingerprint density at radius 3 is 2.96 bits per heavy atom. The third kappa shape index (κ3) is 3.66. The van der Waals surface area contributed by atoms with Crippen molar-refractivity contribution in [3.8, 4) is 0 Å². The molecule has 1 aromatic heterocycles. The molecule has 138 valence electrons. The number of anilines is 3. The van der Waals surface area contributed by atoms with Gasteiger partial charge in [-0.1, -0.05) is 6.92 Å². The van der Waals surface area contributed by atoms with Gasteiger partial charge < -0.3 is 20.6 Å². The molecular formula is C20H27N5O. The van der Waals surface area contributed by atoms with Crippen LogP contribution < -0.4 is 15.5 Å². The molecule has 2 aliphatic heterocycles. The zero-order valence-corrected chi connectivity index (χ0v) is 15.3. The molecule has 26 heavy (non-hydrogen) atoms. The third-order valence-corrected chi connectivity index (χ3v) is 5.34. The maximum absolute atomic E-state index is 9.74. The number of aliphatic hydroxyl groups is 1. The number of piperidine rings is 1. The van der Waals surface area contributed by atoms with Crippen LogP contribution in [-0.4, -0.2) is 40.8 Å². The van der Waals surface area contributed by atoms with Crippen LogP contribution in [0, 0.1) is 0 Å². The number of hydrogen-bond donors (Lipinski definition) is 3. The monoisotopic (exact) mass is 353 g/mol. The minimum absolute atomic E-state index is 0.145. The molecule has 3 heterocycles. The fourth-order valence-corrected chi connectivity index (χ4v) is 3.78. The van der Waals surface area contributed by atoms with E-state index in [0.717, 1.165) is 63.2 Å². The van der Waals surface area contributed by atoms with E-state index in [0.29, 0.717) is 5.95 Å². The first-order valence-corrected chi connectivity index (χ1v) is 9.61. The van der Waals surface area contributed by atoms with E-state index in [2.05, 4.69) is 50.6 Å². The molecule has 0 atom stereocenters. The molecule has 6 heteroatoms. The predicted molar refractivity (Wildman–Crippen MR) is 104 cm³/mol. The zero-order valence-electron chi connectivity index (χ0n) is 15.3. The van der Waals surface area contributed by atoms with Gasteiger partial charge in [0.1, 0.15) is 0 Å². The highest BCUT2D eigenvalue weighted by Crippen LogP contribution is 2.28. The van der Waals surface area contributed by atoms with Crippen molar-refractivity contribution in [3.63, 3.8) is 0 Å². The van der Waals surface area contributed by atoms with Gasteiger partial charge in [-0.3, -0.25) is 0 Å². The summed E-state index contributed by atoms with van der Waals surface area (Å²) >= 11 is 0. The van der Waals surface area contributed by atoms with Gasteiger partial charge in [0.05, 0.1) is 11.8 Å². The first kappa shape index (κ1) is 17.2. The number of nitrogens with zero attached hydrogens (tertiary/aromatic N) is 3. The van der Waals surface area contributed by atoms with Crippen LogP contribution in [0.2, 0.25) is 0 Å². The lowest BCUT2D eigenvalue weighted by molar-refractivity contribution is 0.145. The fraction of sp³-hybridized carbons (Fsp3) is 0.500. The van der Waals surface area contributed by atoms with Gasteiger partial charge in [-0.15, -0.1) is 0 Å². The van der Waals surface area contributed by atoms with Gasteiger partial charge in [0.15, 0.2) is 0 Å². The van der Waals surface area contributed by atoms with Crippen LogP contribution in [0.4, 0.5) is 17.3 Å². The van der Waals surface area contributed by atoms with E-state index in [-0.39, 0.29) is 6.10 Å². The maximum atomic E-state index is 9.74. The summed E-state index contributed by atoms with van der Waals surface area (Å²) < 4.78 is 0. The molecule has 6 nitrogen and oxygen atoms in total. The van der Waals surface area contributed by atoms with Crippen LogP contribution in [0.25, 0.3) is 0 Å². The Labute approximate surface area is 154 Å². The fourth-order valence-electron chi connectivity index (χ4n) is 3.78. The van der Waals surface area contributed by atoms with Crippen molar-refractivity contribution >= 4 is 17.3 Å². The number of nitrogens with one attached hydrogen (secondary N) is 2.